The average molecular weight is 691 g/mol. The standard InChI is InChI=1S/C11H10N2O.C6H6IN.C5H5NO.Cu.HI/c12-9-4-6-10(7-5-9)13-8-2-1-3-11(13)14;7-5-1-3-6(8)4-2-5;7-5-3-1-2-4-6-5;;/h1-8H,12H2;1-4H,8H2;1-4H,(H,6,7);;1H/q;;;+1;/p-1. The summed E-state index contributed by atoms with van der Waals surface area (Å²) in [5.41, 5.74) is 13.2. The second-order valence-electron chi connectivity index (χ2n) is 5.78. The molecule has 0 saturated carbocycles. The molecule has 5 N–H and O–H groups in total. The van der Waals surface area contributed by atoms with Crippen LogP contribution in [0.3, 0.4) is 0 Å². The molecule has 2 aromatic carbocycles. The van der Waals surface area contributed by atoms with Gasteiger partial charge in [0.1, 0.15) is 0 Å². The summed E-state index contributed by atoms with van der Waals surface area (Å²) in [5.74, 6) is 0. The SMILES string of the molecule is Nc1ccc(-n2ccccc2=O)cc1.Nc1ccc(I)cc1.O=c1cccc[nH]1.[Cu][I]. The molecule has 2 heterocycles. The molecule has 31 heavy (non-hydrogen) atoms. The molecule has 0 atom stereocenters. The van der Waals surface area contributed by atoms with E-state index in [9.17, 15) is 9.59 Å². The van der Waals surface area contributed by atoms with Crippen molar-refractivity contribution < 1.29 is 12.8 Å². The van der Waals surface area contributed by atoms with Crippen LogP contribution in [-0.4, -0.2) is 9.55 Å². The molecular formula is C22H21CuI2N4O2. The van der Waals surface area contributed by atoms with E-state index in [2.05, 4.69) is 40.3 Å². The second kappa shape index (κ2) is 15.7. The van der Waals surface area contributed by atoms with Crippen LogP contribution in [0.4, 0.5) is 11.4 Å². The van der Waals surface area contributed by atoms with Gasteiger partial charge in [0, 0.05) is 45.2 Å². The number of nitrogen functional groups attached to an aromatic ring is 2. The number of anilines is 2. The van der Waals surface area contributed by atoms with Crippen LogP contribution in [0.5, 0.6) is 0 Å². The number of nitrogens with zero attached hydrogens (tertiary/aromatic N) is 1. The van der Waals surface area contributed by atoms with Gasteiger partial charge in [0.2, 0.25) is 5.56 Å². The van der Waals surface area contributed by atoms with Crippen LogP contribution in [0.1, 0.15) is 0 Å². The third kappa shape index (κ3) is 11.2. The predicted molar refractivity (Wildman–Crippen MR) is 141 cm³/mol. The van der Waals surface area contributed by atoms with E-state index in [-0.39, 0.29) is 11.1 Å². The molecule has 0 aliphatic heterocycles. The second-order valence-corrected chi connectivity index (χ2v) is 7.02. The Morgan fingerprint density at radius 3 is 1.71 bits per heavy atom. The first-order chi connectivity index (χ1) is 15.0. The molecule has 0 bridgehead atoms. The summed E-state index contributed by atoms with van der Waals surface area (Å²) >= 11 is 8.11. The van der Waals surface area contributed by atoms with Crippen molar-refractivity contribution in [1.82, 2.24) is 9.55 Å². The van der Waals surface area contributed by atoms with Gasteiger partial charge in [-0.05, 0) is 83.3 Å². The summed E-state index contributed by atoms with van der Waals surface area (Å²) < 4.78 is 2.79. The van der Waals surface area contributed by atoms with E-state index in [0.717, 1.165) is 11.4 Å². The molecule has 0 aliphatic rings. The zero-order valence-electron chi connectivity index (χ0n) is 16.2. The quantitative estimate of drug-likeness (QED) is 0.155. The van der Waals surface area contributed by atoms with Crippen molar-refractivity contribution in [2.45, 2.75) is 0 Å². The van der Waals surface area contributed by atoms with Crippen LogP contribution in [-0.2, 0) is 12.8 Å². The molecule has 0 aliphatic carbocycles. The van der Waals surface area contributed by atoms with Crippen LogP contribution >= 0.6 is 42.9 Å². The molecule has 4 rings (SSSR count). The molecule has 0 saturated heterocycles. The fourth-order valence-electron chi connectivity index (χ4n) is 2.12. The Kier molecular flexibility index (Phi) is 13.6. The van der Waals surface area contributed by atoms with Crippen molar-refractivity contribution in [2.24, 2.45) is 0 Å². The molecule has 2 aromatic heterocycles. The molecule has 0 radical (unpaired) electrons. The van der Waals surface area contributed by atoms with Gasteiger partial charge in [-0.3, -0.25) is 14.2 Å². The molecule has 166 valence electrons. The molecule has 0 amide bonds. The summed E-state index contributed by atoms with van der Waals surface area (Å²) in [6.45, 7) is 0. The zero-order chi connectivity index (χ0) is 23.1. The topological polar surface area (TPSA) is 107 Å². The molecule has 0 fully saturated rings. The maximum atomic E-state index is 11.4. The van der Waals surface area contributed by atoms with Crippen LogP contribution in [0, 0.1) is 3.57 Å². The van der Waals surface area contributed by atoms with Gasteiger partial charge in [0.05, 0.1) is 0 Å². The number of aromatic nitrogens is 2. The van der Waals surface area contributed by atoms with Crippen molar-refractivity contribution in [3.63, 3.8) is 0 Å². The van der Waals surface area contributed by atoms with E-state index >= 15 is 0 Å². The molecule has 0 spiro atoms. The molecule has 6 nitrogen and oxygen atoms in total. The van der Waals surface area contributed by atoms with Gasteiger partial charge in [0.15, 0.2) is 0 Å². The molecule has 4 aromatic rings. The van der Waals surface area contributed by atoms with Gasteiger partial charge >= 0.3 is 33.1 Å². The normalized spacial score (nSPS) is 9.03. The van der Waals surface area contributed by atoms with Crippen LogP contribution in [0.15, 0.2) is 107 Å². The number of benzene rings is 2. The third-order valence-corrected chi connectivity index (χ3v) is 4.26. The summed E-state index contributed by atoms with van der Waals surface area (Å²) in [5, 5.41) is 0. The van der Waals surface area contributed by atoms with Crippen molar-refractivity contribution in [3.8, 4) is 5.69 Å². The van der Waals surface area contributed by atoms with Crippen molar-refractivity contribution in [2.75, 3.05) is 11.5 Å². The van der Waals surface area contributed by atoms with E-state index in [1.807, 2.05) is 42.5 Å². The Hall–Kier alpha value is -2.08. The van der Waals surface area contributed by atoms with Crippen molar-refractivity contribution in [1.29, 1.82) is 0 Å². The monoisotopic (exact) mass is 690 g/mol. The van der Waals surface area contributed by atoms with E-state index in [4.69, 9.17) is 11.5 Å². The molecular weight excluding hydrogens is 670 g/mol. The number of hydrogen-bond acceptors (Lipinski definition) is 4. The van der Waals surface area contributed by atoms with Crippen LogP contribution < -0.4 is 22.6 Å². The van der Waals surface area contributed by atoms with Gasteiger partial charge in [0.25, 0.3) is 5.56 Å². The van der Waals surface area contributed by atoms with E-state index in [1.54, 1.807) is 67.6 Å². The first-order valence-corrected chi connectivity index (χ1v) is 12.9. The summed E-state index contributed by atoms with van der Waals surface area (Å²) in [7, 11) is 0. The number of H-pyrrole nitrogens is 1. The Morgan fingerprint density at radius 1 is 0.742 bits per heavy atom. The minimum absolute atomic E-state index is 0.0442. The van der Waals surface area contributed by atoms with Gasteiger partial charge in [-0.15, -0.1) is 0 Å². The fourth-order valence-corrected chi connectivity index (χ4v) is 2.47. The van der Waals surface area contributed by atoms with Crippen LogP contribution in [0.2, 0.25) is 0 Å². The van der Waals surface area contributed by atoms with Crippen molar-refractivity contribution in [3.05, 3.63) is 122 Å². The van der Waals surface area contributed by atoms with Gasteiger partial charge in [-0.2, -0.15) is 0 Å². The van der Waals surface area contributed by atoms with Gasteiger partial charge in [-0.1, -0.05) is 12.1 Å². The average Bonchev–Trinajstić information content (AvgIpc) is 2.80. The number of rotatable bonds is 1. The molecule has 0 unspecified atom stereocenters. The Labute approximate surface area is 213 Å². The molecule has 9 heteroatoms. The minimum atomic E-state index is -0.0532. The Balaban J connectivity index is 0.000000241. The maximum absolute atomic E-state index is 11.4. The van der Waals surface area contributed by atoms with Crippen LogP contribution in [0.25, 0.3) is 5.69 Å². The number of aromatic amines is 1. The number of halogens is 2. The zero-order valence-corrected chi connectivity index (χ0v) is 21.5. The third-order valence-electron chi connectivity index (χ3n) is 3.54. The first kappa shape index (κ1) is 27.0. The summed E-state index contributed by atoms with van der Waals surface area (Å²) in [6, 6.07) is 24.9. The number of hydrogen-bond donors (Lipinski definition) is 3. The summed E-state index contributed by atoms with van der Waals surface area (Å²) in [4.78, 5) is 24.1. The number of nitrogens with one attached hydrogen (secondary N) is 1. The van der Waals surface area contributed by atoms with Gasteiger partial charge in [-0.25, -0.2) is 0 Å². The first-order valence-electron chi connectivity index (χ1n) is 8.75. The van der Waals surface area contributed by atoms with Gasteiger partial charge < -0.3 is 16.5 Å². The van der Waals surface area contributed by atoms with E-state index in [1.165, 1.54) is 15.7 Å². The Morgan fingerprint density at radius 2 is 1.29 bits per heavy atom. The van der Waals surface area contributed by atoms with E-state index in [0.29, 0.717) is 5.69 Å². The van der Waals surface area contributed by atoms with E-state index < -0.39 is 0 Å². The number of nitrogens with two attached hydrogens (primary N) is 2. The fraction of sp³-hybridized carbons (Fsp3) is 0. The predicted octanol–water partition coefficient (Wildman–Crippen LogP) is 4.55. The van der Waals surface area contributed by atoms with Crippen molar-refractivity contribution >= 4 is 54.3 Å². The Bertz CT molecular complexity index is 1090. The number of pyridine rings is 2. The summed E-state index contributed by atoms with van der Waals surface area (Å²) in [6.07, 6.45) is 3.33.